The van der Waals surface area contributed by atoms with Gasteiger partial charge in [-0.25, -0.2) is 4.52 Å². The van der Waals surface area contributed by atoms with Gasteiger partial charge in [0.1, 0.15) is 5.52 Å². The van der Waals surface area contributed by atoms with Crippen molar-refractivity contribution in [2.45, 2.75) is 0 Å². The number of para-hydroxylation sites is 2. The Morgan fingerprint density at radius 2 is 1.88 bits per heavy atom. The topological polar surface area (TPSA) is 68.2 Å². The fourth-order valence-electron chi connectivity index (χ4n) is 2.57. The molecule has 0 fully saturated rings. The summed E-state index contributed by atoms with van der Waals surface area (Å²) in [7, 11) is 0. The monoisotopic (exact) mass is 367 g/mol. The van der Waals surface area contributed by atoms with Gasteiger partial charge in [-0.05, 0) is 24.3 Å². The van der Waals surface area contributed by atoms with E-state index in [4.69, 9.17) is 16.0 Å². The summed E-state index contributed by atoms with van der Waals surface area (Å²) in [5.74, 6) is 0.439. The molecular weight excluding hydrogens is 358 g/mol. The fraction of sp³-hybridized carbons (Fsp3) is 0. The number of fused-ring (bicyclic) bond motifs is 2. The van der Waals surface area contributed by atoms with Crippen molar-refractivity contribution in [2.75, 3.05) is 5.32 Å². The third-order valence-corrected chi connectivity index (χ3v) is 4.80. The molecule has 5 rings (SSSR count). The lowest BCUT2D eigenvalue weighted by Gasteiger charge is -1.98. The molecule has 122 valence electrons. The Hall–Kier alpha value is -2.90. The van der Waals surface area contributed by atoms with Crippen LogP contribution in [0.15, 0.2) is 58.3 Å². The van der Waals surface area contributed by atoms with E-state index in [1.165, 1.54) is 11.3 Å². The second-order valence-corrected chi connectivity index (χ2v) is 6.64. The van der Waals surface area contributed by atoms with Crippen molar-refractivity contribution in [1.82, 2.24) is 19.6 Å². The van der Waals surface area contributed by atoms with E-state index in [1.807, 2.05) is 53.9 Å². The molecule has 0 bridgehead atoms. The summed E-state index contributed by atoms with van der Waals surface area (Å²) in [6.07, 6.45) is 0. The predicted octanol–water partition coefficient (Wildman–Crippen LogP) is 5.00. The van der Waals surface area contributed by atoms with Crippen LogP contribution in [0.25, 0.3) is 27.3 Å². The molecule has 0 unspecified atom stereocenters. The number of rotatable bonds is 3. The summed E-state index contributed by atoms with van der Waals surface area (Å²) in [6.45, 7) is 0. The van der Waals surface area contributed by atoms with Crippen molar-refractivity contribution < 1.29 is 4.42 Å². The number of anilines is 2. The predicted molar refractivity (Wildman–Crippen MR) is 98.6 cm³/mol. The van der Waals surface area contributed by atoms with Gasteiger partial charge < -0.3 is 4.42 Å². The van der Waals surface area contributed by atoms with Gasteiger partial charge in [0.25, 0.3) is 5.95 Å². The minimum Gasteiger partial charge on any atom is -0.423 e. The van der Waals surface area contributed by atoms with Crippen LogP contribution in [0.3, 0.4) is 0 Å². The molecule has 0 atom stereocenters. The maximum atomic E-state index is 5.96. The number of aromatic nitrogens is 4. The first-order chi connectivity index (χ1) is 12.3. The lowest BCUT2D eigenvalue weighted by molar-refractivity contribution is 0.621. The van der Waals surface area contributed by atoms with Crippen LogP contribution >= 0.6 is 22.9 Å². The van der Waals surface area contributed by atoms with Gasteiger partial charge in [-0.1, -0.05) is 35.9 Å². The molecule has 0 saturated heterocycles. The lowest BCUT2D eigenvalue weighted by Crippen LogP contribution is -1.94. The van der Waals surface area contributed by atoms with Crippen molar-refractivity contribution in [1.29, 1.82) is 0 Å². The number of nitrogens with one attached hydrogen (secondary N) is 1. The zero-order chi connectivity index (χ0) is 16.8. The van der Waals surface area contributed by atoms with Crippen molar-refractivity contribution >= 4 is 51.0 Å². The molecule has 0 amide bonds. The maximum Gasteiger partial charge on any atom is 0.302 e. The van der Waals surface area contributed by atoms with E-state index in [2.05, 4.69) is 20.4 Å². The van der Waals surface area contributed by atoms with E-state index in [9.17, 15) is 0 Å². The van der Waals surface area contributed by atoms with Crippen LogP contribution in [0.4, 0.5) is 12.0 Å². The quantitative estimate of drug-likeness (QED) is 0.486. The first kappa shape index (κ1) is 14.4. The average molecular weight is 368 g/mol. The molecule has 25 heavy (non-hydrogen) atoms. The van der Waals surface area contributed by atoms with Crippen LogP contribution < -0.4 is 5.32 Å². The Kier molecular flexibility index (Phi) is 3.22. The number of nitrogens with zero attached hydrogens (tertiary/aromatic N) is 4. The van der Waals surface area contributed by atoms with Gasteiger partial charge in [-0.15, -0.1) is 16.4 Å². The summed E-state index contributed by atoms with van der Waals surface area (Å²) in [6, 6.07) is 15.6. The number of halogens is 1. The lowest BCUT2D eigenvalue weighted by atomic mass is 10.2. The molecule has 0 aliphatic carbocycles. The van der Waals surface area contributed by atoms with Gasteiger partial charge in [-0.3, -0.25) is 5.32 Å². The van der Waals surface area contributed by atoms with E-state index in [0.29, 0.717) is 22.6 Å². The maximum absolute atomic E-state index is 5.96. The second-order valence-electron chi connectivity index (χ2n) is 5.37. The largest absolute Gasteiger partial charge is 0.423 e. The summed E-state index contributed by atoms with van der Waals surface area (Å²) in [4.78, 5) is 9.63. The Labute approximate surface area is 150 Å². The first-order valence-corrected chi connectivity index (χ1v) is 8.75. The molecule has 0 saturated carbocycles. The molecule has 0 aliphatic heterocycles. The molecule has 3 aromatic heterocycles. The molecule has 5 aromatic rings. The Morgan fingerprint density at radius 3 is 2.72 bits per heavy atom. The molecule has 0 radical (unpaired) electrons. The van der Waals surface area contributed by atoms with Gasteiger partial charge in [0.05, 0.1) is 5.69 Å². The highest BCUT2D eigenvalue weighted by atomic mass is 35.5. The van der Waals surface area contributed by atoms with Crippen LogP contribution in [0.2, 0.25) is 5.02 Å². The van der Waals surface area contributed by atoms with Gasteiger partial charge in [0.15, 0.2) is 5.58 Å². The molecule has 0 aliphatic rings. The highest BCUT2D eigenvalue weighted by Crippen LogP contribution is 2.28. The molecule has 6 nitrogen and oxygen atoms in total. The average Bonchev–Trinajstić information content (AvgIpc) is 3.29. The summed E-state index contributed by atoms with van der Waals surface area (Å²) in [5.41, 5.74) is 3.48. The van der Waals surface area contributed by atoms with Crippen LogP contribution in [0, 0.1) is 0 Å². The first-order valence-electron chi connectivity index (χ1n) is 7.49. The van der Waals surface area contributed by atoms with Crippen LogP contribution in [0.5, 0.6) is 0 Å². The minimum absolute atomic E-state index is 0.368. The fourth-order valence-corrected chi connectivity index (χ4v) is 3.53. The SMILES string of the molecule is Clc1ccc(-c2csc3nc(Nc4nc5ccccc5o4)nn23)cc1. The van der Waals surface area contributed by atoms with Gasteiger partial charge >= 0.3 is 6.01 Å². The van der Waals surface area contributed by atoms with E-state index in [-0.39, 0.29) is 0 Å². The van der Waals surface area contributed by atoms with Crippen LogP contribution in [-0.4, -0.2) is 19.6 Å². The van der Waals surface area contributed by atoms with Crippen molar-refractivity contribution in [3.8, 4) is 11.3 Å². The Morgan fingerprint density at radius 1 is 1.04 bits per heavy atom. The normalized spacial score (nSPS) is 11.4. The van der Waals surface area contributed by atoms with Gasteiger partial charge in [0, 0.05) is 16.0 Å². The summed E-state index contributed by atoms with van der Waals surface area (Å²) >= 11 is 7.47. The van der Waals surface area contributed by atoms with Crippen molar-refractivity contribution in [3.05, 3.63) is 58.9 Å². The van der Waals surface area contributed by atoms with Crippen molar-refractivity contribution in [3.63, 3.8) is 0 Å². The smallest absolute Gasteiger partial charge is 0.302 e. The van der Waals surface area contributed by atoms with Crippen LogP contribution in [0.1, 0.15) is 0 Å². The van der Waals surface area contributed by atoms with E-state index in [1.54, 1.807) is 4.52 Å². The molecule has 3 heterocycles. The van der Waals surface area contributed by atoms with E-state index >= 15 is 0 Å². The standard InChI is InChI=1S/C17H10ClN5OS/c18-11-7-5-10(6-8-11)13-9-25-17-21-15(22-23(13)17)20-16-19-12-3-1-2-4-14(12)24-16/h1-9H,(H,19,20,22). The Balaban J connectivity index is 1.51. The molecule has 1 N–H and O–H groups in total. The number of benzene rings is 2. The summed E-state index contributed by atoms with van der Waals surface area (Å²) < 4.78 is 7.44. The second kappa shape index (κ2) is 5.58. The van der Waals surface area contributed by atoms with Gasteiger partial charge in [0.2, 0.25) is 4.96 Å². The van der Waals surface area contributed by atoms with E-state index in [0.717, 1.165) is 21.7 Å². The Bertz CT molecular complexity index is 1160. The third-order valence-electron chi connectivity index (χ3n) is 3.73. The summed E-state index contributed by atoms with van der Waals surface area (Å²) in [5, 5.41) is 10.2. The molecule has 8 heteroatoms. The number of hydrogen-bond donors (Lipinski definition) is 1. The number of oxazole rings is 1. The third kappa shape index (κ3) is 2.54. The zero-order valence-electron chi connectivity index (χ0n) is 12.7. The molecular formula is C17H10ClN5OS. The zero-order valence-corrected chi connectivity index (χ0v) is 14.3. The number of thiazole rings is 1. The van der Waals surface area contributed by atoms with E-state index < -0.39 is 0 Å². The minimum atomic E-state index is 0.368. The molecule has 2 aromatic carbocycles. The highest BCUT2D eigenvalue weighted by molar-refractivity contribution is 7.15. The van der Waals surface area contributed by atoms with Crippen molar-refractivity contribution in [2.24, 2.45) is 0 Å². The van der Waals surface area contributed by atoms with Gasteiger partial charge in [-0.2, -0.15) is 9.97 Å². The molecule has 0 spiro atoms. The highest BCUT2D eigenvalue weighted by Gasteiger charge is 2.13. The van der Waals surface area contributed by atoms with Crippen LogP contribution in [-0.2, 0) is 0 Å². The number of hydrogen-bond acceptors (Lipinski definition) is 6.